The highest BCUT2D eigenvalue weighted by atomic mass is 32.2. The molecule has 0 saturated heterocycles. The maximum Gasteiger partial charge on any atom is 0.326 e. The molecule has 1 rings (SSSR count). The van der Waals surface area contributed by atoms with Crippen LogP contribution in [0.15, 0.2) is 29.2 Å². The second-order valence-electron chi connectivity index (χ2n) is 4.98. The molecule has 0 radical (unpaired) electrons. The maximum atomic E-state index is 12.1. The van der Waals surface area contributed by atoms with Gasteiger partial charge in [-0.3, -0.25) is 4.79 Å². The van der Waals surface area contributed by atoms with E-state index in [1.165, 1.54) is 11.8 Å². The highest BCUT2D eigenvalue weighted by Gasteiger charge is 2.22. The molecule has 1 aromatic carbocycles. The molecule has 22 heavy (non-hydrogen) atoms. The number of hydrogen-bond acceptors (Lipinski definition) is 4. The third-order valence-corrected chi connectivity index (χ3v) is 4.31. The van der Waals surface area contributed by atoms with Gasteiger partial charge in [0, 0.05) is 4.90 Å². The van der Waals surface area contributed by atoms with E-state index in [-0.39, 0.29) is 11.2 Å². The number of hydrogen-bond donors (Lipinski definition) is 2. The van der Waals surface area contributed by atoms with Crippen molar-refractivity contribution in [3.63, 3.8) is 0 Å². The molecule has 0 aliphatic carbocycles. The Bertz CT molecular complexity index is 489. The van der Waals surface area contributed by atoms with Crippen molar-refractivity contribution in [2.24, 2.45) is 0 Å². The average Bonchev–Trinajstić information content (AvgIpc) is 2.51. The Labute approximate surface area is 135 Å². The zero-order chi connectivity index (χ0) is 16.5. The quantitative estimate of drug-likeness (QED) is 0.683. The van der Waals surface area contributed by atoms with Crippen LogP contribution < -0.4 is 10.1 Å². The van der Waals surface area contributed by atoms with Crippen LogP contribution in [0.3, 0.4) is 0 Å². The van der Waals surface area contributed by atoms with Gasteiger partial charge in [-0.2, -0.15) is 0 Å². The van der Waals surface area contributed by atoms with Crippen molar-refractivity contribution in [2.75, 3.05) is 7.11 Å². The highest BCUT2D eigenvalue weighted by molar-refractivity contribution is 8.00. The zero-order valence-corrected chi connectivity index (χ0v) is 14.0. The Balaban J connectivity index is 2.57. The molecule has 6 heteroatoms. The molecule has 0 heterocycles. The van der Waals surface area contributed by atoms with Crippen LogP contribution in [-0.2, 0) is 9.59 Å². The lowest BCUT2D eigenvalue weighted by Gasteiger charge is -2.17. The Morgan fingerprint density at radius 3 is 2.45 bits per heavy atom. The lowest BCUT2D eigenvalue weighted by Crippen LogP contribution is -2.43. The average molecular weight is 325 g/mol. The largest absolute Gasteiger partial charge is 0.497 e. The summed E-state index contributed by atoms with van der Waals surface area (Å²) in [7, 11) is 1.60. The van der Waals surface area contributed by atoms with E-state index in [0.717, 1.165) is 23.5 Å². The van der Waals surface area contributed by atoms with Crippen molar-refractivity contribution in [3.05, 3.63) is 24.3 Å². The van der Waals surface area contributed by atoms with Crippen LogP contribution in [0, 0.1) is 0 Å². The molecule has 0 saturated carbocycles. The molecule has 1 aromatic rings. The van der Waals surface area contributed by atoms with Crippen LogP contribution in [0.1, 0.15) is 33.1 Å². The molecular formula is C16H23NO4S. The monoisotopic (exact) mass is 325 g/mol. The summed E-state index contributed by atoms with van der Waals surface area (Å²) in [4.78, 5) is 24.2. The minimum atomic E-state index is -0.983. The lowest BCUT2D eigenvalue weighted by molar-refractivity contribution is -0.141. The lowest BCUT2D eigenvalue weighted by atomic mass is 10.1. The van der Waals surface area contributed by atoms with Gasteiger partial charge in [-0.15, -0.1) is 11.8 Å². The molecule has 2 N–H and O–H groups in total. The van der Waals surface area contributed by atoms with Gasteiger partial charge in [-0.1, -0.05) is 19.8 Å². The standard InChI is InChI=1S/C16H23NO4S/c1-4-5-6-14(16(19)20)17-15(18)11(2)22-13-9-7-12(21-3)8-10-13/h7-11,14H,4-6H2,1-3H3,(H,17,18)(H,19,20)/t11?,14-/m0/s1. The van der Waals surface area contributed by atoms with Gasteiger partial charge in [-0.05, 0) is 37.6 Å². The van der Waals surface area contributed by atoms with E-state index < -0.39 is 12.0 Å². The van der Waals surface area contributed by atoms with Gasteiger partial charge in [0.2, 0.25) is 5.91 Å². The van der Waals surface area contributed by atoms with Crippen molar-refractivity contribution < 1.29 is 19.4 Å². The number of unbranched alkanes of at least 4 members (excludes halogenated alkanes) is 1. The van der Waals surface area contributed by atoms with Gasteiger partial charge in [0.05, 0.1) is 12.4 Å². The van der Waals surface area contributed by atoms with Gasteiger partial charge in [0.25, 0.3) is 0 Å². The van der Waals surface area contributed by atoms with Gasteiger partial charge in [-0.25, -0.2) is 4.79 Å². The fraction of sp³-hybridized carbons (Fsp3) is 0.500. The van der Waals surface area contributed by atoms with Crippen LogP contribution in [0.2, 0.25) is 0 Å². The number of ether oxygens (including phenoxy) is 1. The first kappa shape index (κ1) is 18.4. The number of carbonyl (C=O) groups excluding carboxylic acids is 1. The maximum absolute atomic E-state index is 12.1. The van der Waals surface area contributed by atoms with Crippen molar-refractivity contribution in [3.8, 4) is 5.75 Å². The molecule has 5 nitrogen and oxygen atoms in total. The smallest absolute Gasteiger partial charge is 0.326 e. The number of carboxylic acid groups (broad SMARTS) is 1. The molecule has 1 amide bonds. The molecular weight excluding hydrogens is 302 g/mol. The first-order valence-electron chi connectivity index (χ1n) is 7.31. The summed E-state index contributed by atoms with van der Waals surface area (Å²) in [6.45, 7) is 3.76. The Kier molecular flexibility index (Phi) is 7.80. The molecule has 0 fully saturated rings. The predicted molar refractivity (Wildman–Crippen MR) is 87.4 cm³/mol. The number of amides is 1. The van der Waals surface area contributed by atoms with E-state index in [0.29, 0.717) is 6.42 Å². The zero-order valence-electron chi connectivity index (χ0n) is 13.2. The third kappa shape index (κ3) is 5.97. The number of aliphatic carboxylic acids is 1. The number of carbonyl (C=O) groups is 2. The minimum Gasteiger partial charge on any atom is -0.497 e. The number of benzene rings is 1. The van der Waals surface area contributed by atoms with Crippen molar-refractivity contribution in [1.82, 2.24) is 5.32 Å². The summed E-state index contributed by atoms with van der Waals surface area (Å²) < 4.78 is 5.08. The summed E-state index contributed by atoms with van der Waals surface area (Å²) in [5, 5.41) is 11.4. The van der Waals surface area contributed by atoms with Gasteiger partial charge in [0.1, 0.15) is 11.8 Å². The summed E-state index contributed by atoms with van der Waals surface area (Å²) in [5.41, 5.74) is 0. The second-order valence-corrected chi connectivity index (χ2v) is 6.39. The third-order valence-electron chi connectivity index (χ3n) is 3.20. The fourth-order valence-electron chi connectivity index (χ4n) is 1.87. The van der Waals surface area contributed by atoms with Gasteiger partial charge < -0.3 is 15.2 Å². The second kappa shape index (κ2) is 9.35. The van der Waals surface area contributed by atoms with Gasteiger partial charge in [0.15, 0.2) is 0 Å². The Morgan fingerprint density at radius 1 is 1.32 bits per heavy atom. The van der Waals surface area contributed by atoms with Crippen molar-refractivity contribution in [1.29, 1.82) is 0 Å². The topological polar surface area (TPSA) is 75.6 Å². The fourth-order valence-corrected chi connectivity index (χ4v) is 2.74. The van der Waals surface area contributed by atoms with Crippen molar-refractivity contribution >= 4 is 23.6 Å². The summed E-state index contributed by atoms with van der Waals surface area (Å²) in [6, 6.07) is 6.59. The first-order valence-corrected chi connectivity index (χ1v) is 8.19. The predicted octanol–water partition coefficient (Wildman–Crippen LogP) is 2.94. The van der Waals surface area contributed by atoms with Crippen LogP contribution in [0.25, 0.3) is 0 Å². The molecule has 0 aliphatic rings. The van der Waals surface area contributed by atoms with E-state index in [4.69, 9.17) is 9.84 Å². The van der Waals surface area contributed by atoms with Crippen LogP contribution in [0.5, 0.6) is 5.75 Å². The first-order chi connectivity index (χ1) is 10.5. The normalized spacial score (nSPS) is 13.2. The van der Waals surface area contributed by atoms with E-state index in [1.807, 2.05) is 31.2 Å². The molecule has 1 unspecified atom stereocenters. The molecule has 0 aliphatic heterocycles. The SMILES string of the molecule is CCCC[C@H](NC(=O)C(C)Sc1ccc(OC)cc1)C(=O)O. The van der Waals surface area contributed by atoms with E-state index in [9.17, 15) is 9.59 Å². The summed E-state index contributed by atoms with van der Waals surface area (Å²) in [6.07, 6.45) is 2.13. The van der Waals surface area contributed by atoms with Crippen molar-refractivity contribution in [2.45, 2.75) is 49.3 Å². The van der Waals surface area contributed by atoms with E-state index in [2.05, 4.69) is 5.32 Å². The van der Waals surface area contributed by atoms with Gasteiger partial charge >= 0.3 is 5.97 Å². The Hall–Kier alpha value is -1.69. The van der Waals surface area contributed by atoms with Crippen LogP contribution in [-0.4, -0.2) is 35.4 Å². The molecule has 0 aromatic heterocycles. The molecule has 0 spiro atoms. The molecule has 2 atom stereocenters. The molecule has 122 valence electrons. The van der Waals surface area contributed by atoms with Crippen LogP contribution >= 0.6 is 11.8 Å². The Morgan fingerprint density at radius 2 is 1.95 bits per heavy atom. The number of carboxylic acids is 1. The summed E-state index contributed by atoms with van der Waals surface area (Å²) in [5.74, 6) is -0.486. The van der Waals surface area contributed by atoms with E-state index in [1.54, 1.807) is 14.0 Å². The minimum absolute atomic E-state index is 0.260. The van der Waals surface area contributed by atoms with Crippen LogP contribution in [0.4, 0.5) is 0 Å². The summed E-state index contributed by atoms with van der Waals surface area (Å²) >= 11 is 1.39. The highest BCUT2D eigenvalue weighted by Crippen LogP contribution is 2.25. The number of thioether (sulfide) groups is 1. The molecule has 0 bridgehead atoms. The number of rotatable bonds is 9. The van der Waals surface area contributed by atoms with E-state index >= 15 is 0 Å². The number of methoxy groups -OCH3 is 1. The number of nitrogens with one attached hydrogen (secondary N) is 1.